The average Bonchev–Trinajstić information content (AvgIpc) is 2.71. The summed E-state index contributed by atoms with van der Waals surface area (Å²) in [5, 5.41) is 4.04. The molecule has 0 saturated heterocycles. The first-order valence-electron chi connectivity index (χ1n) is 6.65. The van der Waals surface area contributed by atoms with E-state index in [1.54, 1.807) is 0 Å². The highest BCUT2D eigenvalue weighted by atomic mass is 35.5. The van der Waals surface area contributed by atoms with Crippen LogP contribution < -0.4 is 11.1 Å². The molecular formula is C15H19ClN2. The van der Waals surface area contributed by atoms with Crippen molar-refractivity contribution in [3.05, 3.63) is 46.7 Å². The first-order valence-corrected chi connectivity index (χ1v) is 7.03. The normalized spacial score (nSPS) is 25.2. The van der Waals surface area contributed by atoms with Crippen molar-refractivity contribution < 1.29 is 0 Å². The molecule has 3 N–H and O–H groups in total. The molecule has 3 heteroatoms. The molecule has 0 amide bonds. The van der Waals surface area contributed by atoms with Gasteiger partial charge in [-0.2, -0.15) is 0 Å². The molecule has 1 aliphatic heterocycles. The molecule has 2 nitrogen and oxygen atoms in total. The molecule has 0 unspecified atom stereocenters. The first-order chi connectivity index (χ1) is 8.68. The van der Waals surface area contributed by atoms with Gasteiger partial charge in [0.2, 0.25) is 0 Å². The van der Waals surface area contributed by atoms with Crippen LogP contribution in [0.1, 0.15) is 31.2 Å². The second-order valence-corrected chi connectivity index (χ2v) is 6.04. The van der Waals surface area contributed by atoms with Crippen molar-refractivity contribution in [3.63, 3.8) is 0 Å². The third-order valence-corrected chi connectivity index (χ3v) is 4.66. The second kappa shape index (κ2) is 4.51. The maximum Gasteiger partial charge on any atom is 0.0922 e. The smallest absolute Gasteiger partial charge is 0.0922 e. The van der Waals surface area contributed by atoms with Crippen molar-refractivity contribution in [2.24, 2.45) is 11.7 Å². The zero-order valence-electron chi connectivity index (χ0n) is 10.5. The number of nitrogens with two attached hydrogens (primary N) is 1. The van der Waals surface area contributed by atoms with E-state index in [2.05, 4.69) is 23.5 Å². The fraction of sp³-hybridized carbons (Fsp3) is 0.467. The monoisotopic (exact) mass is 262 g/mol. The first kappa shape index (κ1) is 11.9. The largest absolute Gasteiger partial charge is 0.386 e. The maximum absolute atomic E-state index is 5.98. The Bertz CT molecular complexity index is 460. The lowest BCUT2D eigenvalue weighted by Crippen LogP contribution is -2.36. The summed E-state index contributed by atoms with van der Waals surface area (Å²) in [6.07, 6.45) is 7.29. The summed E-state index contributed by atoms with van der Waals surface area (Å²) in [6, 6.07) is 8.40. The van der Waals surface area contributed by atoms with E-state index >= 15 is 0 Å². The molecule has 1 aromatic carbocycles. The van der Waals surface area contributed by atoms with Gasteiger partial charge >= 0.3 is 0 Å². The third kappa shape index (κ3) is 2.10. The van der Waals surface area contributed by atoms with Crippen LogP contribution in [0.15, 0.2) is 36.2 Å². The average molecular weight is 263 g/mol. The van der Waals surface area contributed by atoms with Crippen molar-refractivity contribution in [2.45, 2.75) is 31.1 Å². The number of halogens is 1. The van der Waals surface area contributed by atoms with Gasteiger partial charge in [0.15, 0.2) is 0 Å². The predicted octanol–water partition coefficient (Wildman–Crippen LogP) is 3.17. The standard InChI is InChI=1S/C15H19ClN2/c16-13-4-2-12(3-5-13)15(6-1-7-15)9-11-8-14(17)18-10-11/h2-5,8,11,18H,1,6-7,9-10,17H2/t11-/m1/s1. The molecule has 1 fully saturated rings. The number of rotatable bonds is 3. The van der Waals surface area contributed by atoms with Gasteiger partial charge in [0.1, 0.15) is 0 Å². The van der Waals surface area contributed by atoms with Gasteiger partial charge in [-0.3, -0.25) is 0 Å². The van der Waals surface area contributed by atoms with Crippen LogP contribution >= 0.6 is 11.6 Å². The van der Waals surface area contributed by atoms with Gasteiger partial charge in [0, 0.05) is 11.6 Å². The van der Waals surface area contributed by atoms with E-state index in [0.29, 0.717) is 11.3 Å². The summed E-state index contributed by atoms with van der Waals surface area (Å²) in [6.45, 7) is 0.987. The molecule has 96 valence electrons. The van der Waals surface area contributed by atoms with E-state index in [4.69, 9.17) is 17.3 Å². The summed E-state index contributed by atoms with van der Waals surface area (Å²) in [7, 11) is 0. The van der Waals surface area contributed by atoms with E-state index in [1.807, 2.05) is 12.1 Å². The topological polar surface area (TPSA) is 38.0 Å². The number of benzene rings is 1. The Labute approximate surface area is 113 Å². The van der Waals surface area contributed by atoms with Crippen LogP contribution in [-0.4, -0.2) is 6.54 Å². The summed E-state index contributed by atoms with van der Waals surface area (Å²) in [5.41, 5.74) is 7.60. The summed E-state index contributed by atoms with van der Waals surface area (Å²) in [5.74, 6) is 1.41. The third-order valence-electron chi connectivity index (χ3n) is 4.40. The molecule has 2 aliphatic rings. The fourth-order valence-electron chi connectivity index (χ4n) is 3.27. The Balaban J connectivity index is 1.80. The molecule has 0 radical (unpaired) electrons. The Kier molecular flexibility index (Phi) is 2.98. The summed E-state index contributed by atoms with van der Waals surface area (Å²) in [4.78, 5) is 0. The number of hydrogen-bond acceptors (Lipinski definition) is 2. The molecule has 0 aromatic heterocycles. The molecule has 1 aromatic rings. The van der Waals surface area contributed by atoms with Crippen molar-refractivity contribution in [1.82, 2.24) is 5.32 Å². The molecular weight excluding hydrogens is 244 g/mol. The highest BCUT2D eigenvalue weighted by Crippen LogP contribution is 2.48. The molecule has 1 aliphatic carbocycles. The summed E-state index contributed by atoms with van der Waals surface area (Å²) < 4.78 is 0. The van der Waals surface area contributed by atoms with Gasteiger partial charge in [-0.25, -0.2) is 0 Å². The lowest BCUT2D eigenvalue weighted by molar-refractivity contribution is 0.205. The highest BCUT2D eigenvalue weighted by molar-refractivity contribution is 6.30. The zero-order valence-corrected chi connectivity index (χ0v) is 11.2. The lowest BCUT2D eigenvalue weighted by Gasteiger charge is -2.44. The van der Waals surface area contributed by atoms with Crippen LogP contribution in [0, 0.1) is 5.92 Å². The Morgan fingerprint density at radius 1 is 1.28 bits per heavy atom. The van der Waals surface area contributed by atoms with Crippen LogP contribution in [0.4, 0.5) is 0 Å². The minimum atomic E-state index is 0.359. The predicted molar refractivity (Wildman–Crippen MR) is 75.4 cm³/mol. The maximum atomic E-state index is 5.98. The van der Waals surface area contributed by atoms with Gasteiger partial charge in [-0.05, 0) is 54.4 Å². The molecule has 0 spiro atoms. The molecule has 1 atom stereocenters. The molecule has 1 saturated carbocycles. The van der Waals surface area contributed by atoms with Gasteiger partial charge in [0.05, 0.1) is 5.82 Å². The quantitative estimate of drug-likeness (QED) is 0.878. The number of nitrogens with one attached hydrogen (secondary N) is 1. The van der Waals surface area contributed by atoms with Gasteiger partial charge in [-0.15, -0.1) is 0 Å². The second-order valence-electron chi connectivity index (χ2n) is 5.61. The van der Waals surface area contributed by atoms with Crippen molar-refractivity contribution >= 4 is 11.6 Å². The van der Waals surface area contributed by atoms with E-state index < -0.39 is 0 Å². The van der Waals surface area contributed by atoms with Gasteiger partial charge in [0.25, 0.3) is 0 Å². The fourth-order valence-corrected chi connectivity index (χ4v) is 3.40. The Hall–Kier alpha value is -1.15. The van der Waals surface area contributed by atoms with Gasteiger partial charge in [-0.1, -0.05) is 30.2 Å². The van der Waals surface area contributed by atoms with E-state index in [9.17, 15) is 0 Å². The van der Waals surface area contributed by atoms with E-state index in [-0.39, 0.29) is 0 Å². The molecule has 18 heavy (non-hydrogen) atoms. The molecule has 0 bridgehead atoms. The van der Waals surface area contributed by atoms with Crippen LogP contribution in [0.25, 0.3) is 0 Å². The number of hydrogen-bond donors (Lipinski definition) is 2. The van der Waals surface area contributed by atoms with Crippen molar-refractivity contribution in [3.8, 4) is 0 Å². The van der Waals surface area contributed by atoms with Crippen molar-refractivity contribution in [2.75, 3.05) is 6.54 Å². The lowest BCUT2D eigenvalue weighted by atomic mass is 9.60. The highest BCUT2D eigenvalue weighted by Gasteiger charge is 2.40. The molecule has 3 rings (SSSR count). The van der Waals surface area contributed by atoms with Crippen LogP contribution in [0.2, 0.25) is 5.02 Å². The van der Waals surface area contributed by atoms with E-state index in [0.717, 1.165) is 17.4 Å². The Morgan fingerprint density at radius 3 is 2.50 bits per heavy atom. The minimum Gasteiger partial charge on any atom is -0.386 e. The molecule has 1 heterocycles. The zero-order chi connectivity index (χ0) is 12.6. The van der Waals surface area contributed by atoms with Crippen LogP contribution in [-0.2, 0) is 5.41 Å². The summed E-state index contributed by atoms with van der Waals surface area (Å²) >= 11 is 5.98. The Morgan fingerprint density at radius 2 is 2.00 bits per heavy atom. The van der Waals surface area contributed by atoms with Gasteiger partial charge < -0.3 is 11.1 Å². The minimum absolute atomic E-state index is 0.359. The SMILES string of the molecule is NC1=C[C@H](CC2(c3ccc(Cl)cc3)CCC2)CN1. The van der Waals surface area contributed by atoms with Crippen LogP contribution in [0.3, 0.4) is 0 Å². The van der Waals surface area contributed by atoms with Crippen molar-refractivity contribution in [1.29, 1.82) is 0 Å². The van der Waals surface area contributed by atoms with E-state index in [1.165, 1.54) is 31.2 Å². The van der Waals surface area contributed by atoms with Crippen LogP contribution in [0.5, 0.6) is 0 Å².